The molecule has 1 aromatic heterocycles. The summed E-state index contributed by atoms with van der Waals surface area (Å²) < 4.78 is 12.3. The molecule has 1 atom stereocenters. The van der Waals surface area contributed by atoms with Crippen LogP contribution in [0, 0.1) is 0 Å². The molecule has 4 rings (SSSR count). The van der Waals surface area contributed by atoms with Crippen molar-refractivity contribution >= 4 is 16.8 Å². The lowest BCUT2D eigenvalue weighted by molar-refractivity contribution is 0.0670. The van der Waals surface area contributed by atoms with E-state index in [9.17, 15) is 9.59 Å². The molecule has 3 aromatic rings. The van der Waals surface area contributed by atoms with Crippen LogP contribution >= 0.6 is 0 Å². The molecule has 2 aromatic carbocycles. The Bertz CT molecular complexity index is 1140. The lowest BCUT2D eigenvalue weighted by Crippen LogP contribution is -2.38. The van der Waals surface area contributed by atoms with E-state index >= 15 is 0 Å². The highest BCUT2D eigenvalue weighted by Gasteiger charge is 2.28. The molecular weight excluding hydrogens is 370 g/mol. The first-order chi connectivity index (χ1) is 14.0. The highest BCUT2D eigenvalue weighted by Crippen LogP contribution is 2.34. The van der Waals surface area contributed by atoms with Gasteiger partial charge in [0.15, 0.2) is 11.5 Å². The standard InChI is InChI=1S/C22H23N3O4/c1-4-17(20-23-16-9-7-6-8-15(16)22(27)24(20)3)25(5-2)21(26)14-10-11-18-19(12-14)29-13-28-18/h6-12,17H,4-5,13H2,1-3H3. The largest absolute Gasteiger partial charge is 0.454 e. The van der Waals surface area contributed by atoms with Crippen LogP contribution in [0.15, 0.2) is 47.3 Å². The Kier molecular flexibility index (Phi) is 4.96. The van der Waals surface area contributed by atoms with Gasteiger partial charge in [-0.05, 0) is 43.7 Å². The van der Waals surface area contributed by atoms with Crippen LogP contribution in [0.4, 0.5) is 0 Å². The topological polar surface area (TPSA) is 73.7 Å². The van der Waals surface area contributed by atoms with Crippen molar-refractivity contribution < 1.29 is 14.3 Å². The molecule has 7 nitrogen and oxygen atoms in total. The molecule has 1 aliphatic rings. The van der Waals surface area contributed by atoms with Crippen LogP contribution in [0.2, 0.25) is 0 Å². The van der Waals surface area contributed by atoms with Crippen LogP contribution in [0.25, 0.3) is 10.9 Å². The third kappa shape index (κ3) is 3.22. The lowest BCUT2D eigenvalue weighted by Gasteiger charge is -2.31. The van der Waals surface area contributed by atoms with Gasteiger partial charge in [-0.2, -0.15) is 0 Å². The van der Waals surface area contributed by atoms with E-state index in [0.717, 1.165) is 0 Å². The van der Waals surface area contributed by atoms with Gasteiger partial charge in [0.1, 0.15) is 5.82 Å². The number of para-hydroxylation sites is 1. The van der Waals surface area contributed by atoms with Crippen LogP contribution in [-0.4, -0.2) is 33.7 Å². The van der Waals surface area contributed by atoms with Gasteiger partial charge in [0.05, 0.1) is 16.9 Å². The number of amides is 1. The second kappa shape index (κ2) is 7.58. The Balaban J connectivity index is 1.76. The SMILES string of the molecule is CCC(c1nc2ccccc2c(=O)n1C)N(CC)C(=O)c1ccc2c(c1)OCO2. The Morgan fingerprint density at radius 1 is 1.17 bits per heavy atom. The Morgan fingerprint density at radius 2 is 1.93 bits per heavy atom. The molecular formula is C22H23N3O4. The molecule has 0 saturated carbocycles. The molecule has 1 amide bonds. The number of hydrogen-bond donors (Lipinski definition) is 0. The van der Waals surface area contributed by atoms with Crippen molar-refractivity contribution in [1.82, 2.24) is 14.5 Å². The molecule has 2 heterocycles. The highest BCUT2D eigenvalue weighted by atomic mass is 16.7. The van der Waals surface area contributed by atoms with E-state index in [2.05, 4.69) is 0 Å². The van der Waals surface area contributed by atoms with E-state index in [1.165, 1.54) is 0 Å². The fourth-order valence-corrected chi connectivity index (χ4v) is 3.78. The molecule has 1 unspecified atom stereocenters. The molecule has 1 aliphatic heterocycles. The van der Waals surface area contributed by atoms with E-state index in [4.69, 9.17) is 14.5 Å². The van der Waals surface area contributed by atoms with Gasteiger partial charge in [-0.3, -0.25) is 14.2 Å². The average molecular weight is 393 g/mol. The normalized spacial score (nSPS) is 13.5. The van der Waals surface area contributed by atoms with Crippen LogP contribution in [0.3, 0.4) is 0 Å². The highest BCUT2D eigenvalue weighted by molar-refractivity contribution is 5.95. The third-order valence-corrected chi connectivity index (χ3v) is 5.30. The van der Waals surface area contributed by atoms with Crippen LogP contribution in [0.5, 0.6) is 11.5 Å². The zero-order valence-corrected chi connectivity index (χ0v) is 16.7. The van der Waals surface area contributed by atoms with Gasteiger partial charge in [0, 0.05) is 19.2 Å². The number of hydrogen-bond acceptors (Lipinski definition) is 5. The minimum Gasteiger partial charge on any atom is -0.454 e. The minimum absolute atomic E-state index is 0.115. The Labute approximate surface area is 168 Å². The van der Waals surface area contributed by atoms with Gasteiger partial charge in [0.25, 0.3) is 11.5 Å². The maximum atomic E-state index is 13.3. The van der Waals surface area contributed by atoms with Gasteiger partial charge in [-0.15, -0.1) is 0 Å². The smallest absolute Gasteiger partial charge is 0.261 e. The number of carbonyl (C=O) groups is 1. The number of aromatic nitrogens is 2. The summed E-state index contributed by atoms with van der Waals surface area (Å²) in [5, 5.41) is 0.568. The van der Waals surface area contributed by atoms with Crippen molar-refractivity contribution in [2.75, 3.05) is 13.3 Å². The first-order valence-corrected chi connectivity index (χ1v) is 9.71. The van der Waals surface area contributed by atoms with Crippen molar-refractivity contribution in [1.29, 1.82) is 0 Å². The van der Waals surface area contributed by atoms with Gasteiger partial charge < -0.3 is 14.4 Å². The third-order valence-electron chi connectivity index (χ3n) is 5.30. The lowest BCUT2D eigenvalue weighted by atomic mass is 10.1. The molecule has 0 fully saturated rings. The van der Waals surface area contributed by atoms with Gasteiger partial charge in [0.2, 0.25) is 6.79 Å². The minimum atomic E-state index is -0.333. The van der Waals surface area contributed by atoms with E-state index in [0.29, 0.717) is 46.8 Å². The predicted octanol–water partition coefficient (Wildman–Crippen LogP) is 3.28. The number of fused-ring (bicyclic) bond motifs is 2. The molecule has 0 radical (unpaired) electrons. The number of carbonyl (C=O) groups excluding carboxylic acids is 1. The number of ether oxygens (including phenoxy) is 2. The van der Waals surface area contributed by atoms with Crippen molar-refractivity contribution in [3.63, 3.8) is 0 Å². The number of nitrogens with zero attached hydrogens (tertiary/aromatic N) is 3. The first-order valence-electron chi connectivity index (χ1n) is 9.71. The van der Waals surface area contributed by atoms with Crippen LogP contribution in [-0.2, 0) is 7.05 Å². The maximum Gasteiger partial charge on any atom is 0.261 e. The number of benzene rings is 2. The molecule has 0 spiro atoms. The Hall–Kier alpha value is -3.35. The van der Waals surface area contributed by atoms with Gasteiger partial charge in [-0.25, -0.2) is 4.98 Å². The van der Waals surface area contributed by atoms with Crippen LogP contribution in [0.1, 0.15) is 42.5 Å². The predicted molar refractivity (Wildman–Crippen MR) is 109 cm³/mol. The van der Waals surface area contributed by atoms with E-state index < -0.39 is 0 Å². The molecule has 29 heavy (non-hydrogen) atoms. The summed E-state index contributed by atoms with van der Waals surface area (Å²) in [6.45, 7) is 4.55. The summed E-state index contributed by atoms with van der Waals surface area (Å²) in [5.74, 6) is 1.64. The van der Waals surface area contributed by atoms with E-state index in [-0.39, 0.29) is 24.3 Å². The van der Waals surface area contributed by atoms with Crippen molar-refractivity contribution in [2.45, 2.75) is 26.3 Å². The second-order valence-corrected chi connectivity index (χ2v) is 6.93. The molecule has 0 N–H and O–H groups in total. The monoisotopic (exact) mass is 393 g/mol. The van der Waals surface area contributed by atoms with Crippen molar-refractivity contribution in [3.8, 4) is 11.5 Å². The fourth-order valence-electron chi connectivity index (χ4n) is 3.78. The zero-order valence-electron chi connectivity index (χ0n) is 16.7. The summed E-state index contributed by atoms with van der Waals surface area (Å²) >= 11 is 0. The van der Waals surface area contributed by atoms with Gasteiger partial charge in [-0.1, -0.05) is 19.1 Å². The van der Waals surface area contributed by atoms with E-state index in [1.54, 1.807) is 40.8 Å². The summed E-state index contributed by atoms with van der Waals surface area (Å²) in [5.41, 5.74) is 1.03. The first kappa shape index (κ1) is 19.0. The van der Waals surface area contributed by atoms with Crippen molar-refractivity contribution in [2.24, 2.45) is 7.05 Å². The fraction of sp³-hybridized carbons (Fsp3) is 0.318. The molecule has 150 valence electrons. The second-order valence-electron chi connectivity index (χ2n) is 6.93. The average Bonchev–Trinajstić information content (AvgIpc) is 3.22. The number of rotatable bonds is 5. The van der Waals surface area contributed by atoms with Crippen molar-refractivity contribution in [3.05, 3.63) is 64.2 Å². The summed E-state index contributed by atoms with van der Waals surface area (Å²) in [7, 11) is 1.71. The van der Waals surface area contributed by atoms with E-state index in [1.807, 2.05) is 32.0 Å². The molecule has 7 heteroatoms. The van der Waals surface area contributed by atoms with Crippen LogP contribution < -0.4 is 15.0 Å². The maximum absolute atomic E-state index is 13.3. The molecule has 0 aliphatic carbocycles. The molecule has 0 saturated heterocycles. The summed E-state index contributed by atoms with van der Waals surface area (Å²) in [4.78, 5) is 32.6. The quantitative estimate of drug-likeness (QED) is 0.665. The summed E-state index contributed by atoms with van der Waals surface area (Å²) in [6.07, 6.45) is 0.628. The van der Waals surface area contributed by atoms with Gasteiger partial charge >= 0.3 is 0 Å². The summed E-state index contributed by atoms with van der Waals surface area (Å²) in [6, 6.07) is 12.1. The Morgan fingerprint density at radius 3 is 2.69 bits per heavy atom. The molecule has 0 bridgehead atoms. The zero-order chi connectivity index (χ0) is 20.5.